The lowest BCUT2D eigenvalue weighted by Crippen LogP contribution is -2.33. The Bertz CT molecular complexity index is 1200. The third-order valence-corrected chi connectivity index (χ3v) is 7.22. The molecule has 32 heavy (non-hydrogen) atoms. The van der Waals surface area contributed by atoms with Crippen LogP contribution < -0.4 is 10.6 Å². The van der Waals surface area contributed by atoms with E-state index in [1.54, 1.807) is 0 Å². The molecule has 4 rings (SSSR count). The third kappa shape index (κ3) is 4.46. The van der Waals surface area contributed by atoms with E-state index in [1.165, 1.54) is 6.33 Å². The molecule has 2 aromatic rings. The molecule has 0 spiro atoms. The zero-order valence-corrected chi connectivity index (χ0v) is 17.9. The number of rotatable bonds is 6. The van der Waals surface area contributed by atoms with E-state index < -0.39 is 44.8 Å². The van der Waals surface area contributed by atoms with Crippen molar-refractivity contribution in [2.75, 3.05) is 11.6 Å². The summed E-state index contributed by atoms with van der Waals surface area (Å²) in [6.45, 7) is -0.118. The fourth-order valence-corrected chi connectivity index (χ4v) is 5.01. The molecule has 1 amide bonds. The molecule has 1 aromatic carbocycles. The number of fused-ring (bicyclic) bond motifs is 1. The van der Waals surface area contributed by atoms with Gasteiger partial charge in [-0.1, -0.05) is 0 Å². The van der Waals surface area contributed by atoms with Crippen molar-refractivity contribution < 1.29 is 27.1 Å². The van der Waals surface area contributed by atoms with Crippen molar-refractivity contribution in [3.63, 3.8) is 0 Å². The molecule has 1 aliphatic heterocycles. The minimum absolute atomic E-state index is 0.0132. The Balaban J connectivity index is 1.51. The van der Waals surface area contributed by atoms with Gasteiger partial charge >= 0.3 is 0 Å². The van der Waals surface area contributed by atoms with Crippen molar-refractivity contribution >= 4 is 27.3 Å². The summed E-state index contributed by atoms with van der Waals surface area (Å²) in [6.07, 6.45) is 1.80. The Morgan fingerprint density at radius 1 is 1.25 bits per heavy atom. The van der Waals surface area contributed by atoms with Crippen molar-refractivity contribution in [3.8, 4) is 0 Å². The first-order valence-electron chi connectivity index (χ1n) is 9.87. The van der Waals surface area contributed by atoms with Gasteiger partial charge in [-0.25, -0.2) is 27.2 Å². The van der Waals surface area contributed by atoms with Crippen LogP contribution in [-0.2, 0) is 27.7 Å². The van der Waals surface area contributed by atoms with E-state index in [9.17, 15) is 27.1 Å². The highest BCUT2D eigenvalue weighted by molar-refractivity contribution is 7.91. The van der Waals surface area contributed by atoms with Gasteiger partial charge in [-0.05, 0) is 31.0 Å². The zero-order valence-electron chi connectivity index (χ0n) is 17.0. The maximum Gasteiger partial charge on any atom is 0.270 e. The fraction of sp³-hybridized carbons (Fsp3) is 0.400. The average molecular weight is 465 g/mol. The van der Waals surface area contributed by atoms with E-state index in [0.29, 0.717) is 11.3 Å². The van der Waals surface area contributed by atoms with Gasteiger partial charge in [0.25, 0.3) is 5.91 Å². The quantitative estimate of drug-likeness (QED) is 0.572. The van der Waals surface area contributed by atoms with Crippen LogP contribution >= 0.6 is 0 Å². The number of hydrogen-bond acceptors (Lipinski definition) is 8. The first-order chi connectivity index (χ1) is 15.1. The molecule has 2 aliphatic rings. The summed E-state index contributed by atoms with van der Waals surface area (Å²) in [5.74, 6) is -1.65. The van der Waals surface area contributed by atoms with Crippen LogP contribution in [0.4, 0.5) is 14.6 Å². The highest BCUT2D eigenvalue weighted by Gasteiger charge is 2.39. The molecule has 0 radical (unpaired) electrons. The summed E-state index contributed by atoms with van der Waals surface area (Å²) in [5, 5.41) is 15.2. The minimum Gasteiger partial charge on any atom is -0.391 e. The number of aromatic nitrogens is 2. The molecule has 12 heteroatoms. The molecule has 3 N–H and O–H groups in total. The number of benzene rings is 1. The van der Waals surface area contributed by atoms with Crippen molar-refractivity contribution in [1.29, 1.82) is 0 Å². The molecule has 2 heterocycles. The predicted molar refractivity (Wildman–Crippen MR) is 112 cm³/mol. The topological polar surface area (TPSA) is 134 Å². The minimum atomic E-state index is -3.31. The zero-order chi connectivity index (χ0) is 23.0. The lowest BCUT2D eigenvalue weighted by molar-refractivity contribution is -0.114. The summed E-state index contributed by atoms with van der Waals surface area (Å²) < 4.78 is 50.9. The average Bonchev–Trinajstić information content (AvgIpc) is 3.33. The molecule has 1 aromatic heterocycles. The molecule has 170 valence electrons. The third-order valence-electron chi connectivity index (χ3n) is 5.63. The van der Waals surface area contributed by atoms with E-state index in [0.717, 1.165) is 24.5 Å². The highest BCUT2D eigenvalue weighted by atomic mass is 32.2. The molecule has 3 atom stereocenters. The van der Waals surface area contributed by atoms with E-state index in [1.807, 2.05) is 0 Å². The van der Waals surface area contributed by atoms with Crippen molar-refractivity contribution in [1.82, 2.24) is 15.3 Å². The normalized spacial score (nSPS) is 22.4. The summed E-state index contributed by atoms with van der Waals surface area (Å²) in [4.78, 5) is 25.2. The van der Waals surface area contributed by atoms with Gasteiger partial charge in [0.2, 0.25) is 0 Å². The number of halogens is 2. The lowest BCUT2D eigenvalue weighted by Gasteiger charge is -2.19. The van der Waals surface area contributed by atoms with E-state index in [4.69, 9.17) is 0 Å². The van der Waals surface area contributed by atoms with Crippen molar-refractivity contribution in [3.05, 3.63) is 53.0 Å². The largest absolute Gasteiger partial charge is 0.391 e. The van der Waals surface area contributed by atoms with Crippen LogP contribution in [0.1, 0.15) is 29.7 Å². The molecule has 0 saturated heterocycles. The maximum absolute atomic E-state index is 13.8. The Labute approximate surface area is 182 Å². The molecular formula is C20H21F2N5O4S. The van der Waals surface area contributed by atoms with Crippen LogP contribution in [0.25, 0.3) is 0 Å². The molecule has 1 saturated carbocycles. The van der Waals surface area contributed by atoms with Gasteiger partial charge in [0.15, 0.2) is 0 Å². The molecule has 0 bridgehead atoms. The van der Waals surface area contributed by atoms with E-state index in [-0.39, 0.29) is 43.0 Å². The van der Waals surface area contributed by atoms with Crippen LogP contribution in [0.3, 0.4) is 0 Å². The Hall–Kier alpha value is -2.99. The number of carbonyl (C=O) groups is 1. The van der Waals surface area contributed by atoms with Gasteiger partial charge < -0.3 is 15.7 Å². The molecule has 9 nitrogen and oxygen atoms in total. The molecule has 1 unspecified atom stereocenters. The van der Waals surface area contributed by atoms with Gasteiger partial charge in [0.05, 0.1) is 35.2 Å². The van der Waals surface area contributed by atoms with Crippen LogP contribution in [0, 0.1) is 11.6 Å². The van der Waals surface area contributed by atoms with Gasteiger partial charge in [-0.15, -0.1) is 0 Å². The first-order valence-corrected chi connectivity index (χ1v) is 11.8. The highest BCUT2D eigenvalue weighted by Crippen LogP contribution is 2.30. The number of nitrogens with one attached hydrogen (secondary N) is 2. The SMILES string of the molecule is CS(=O)(=O)C1C[C@@H](O)[C@H](Nc2ncnc3c2C(C(=O)NCc2cc(F)ccc2F)=NC3)C1. The number of carbonyl (C=O) groups excluding carboxylic acids is 1. The number of sulfone groups is 1. The number of anilines is 1. The number of aliphatic hydroxyl groups excluding tert-OH is 1. The second kappa shape index (κ2) is 8.51. The standard InChI is InChI=1S/C20H21F2N5O4S/c1-32(30,31)12-5-14(16(28)6-12)27-19-17-15(25-9-26-19)8-23-18(17)20(29)24-7-10-4-11(21)2-3-13(10)22/h2-4,9,12,14,16,28H,5-8H2,1H3,(H,24,29)(H,25,26,27)/t12?,14-,16-/m1/s1. The van der Waals surface area contributed by atoms with Crippen molar-refractivity contribution in [2.24, 2.45) is 4.99 Å². The smallest absolute Gasteiger partial charge is 0.270 e. The predicted octanol–water partition coefficient (Wildman–Crippen LogP) is 0.722. The van der Waals surface area contributed by atoms with Crippen LogP contribution in [0.5, 0.6) is 0 Å². The van der Waals surface area contributed by atoms with E-state index >= 15 is 0 Å². The number of aliphatic imine (C=N–C) groups is 1. The maximum atomic E-state index is 13.8. The fourth-order valence-electron chi connectivity index (χ4n) is 3.91. The lowest BCUT2D eigenvalue weighted by atomic mass is 10.1. The van der Waals surface area contributed by atoms with Gasteiger partial charge in [0.1, 0.15) is 39.3 Å². The summed E-state index contributed by atoms with van der Waals surface area (Å²) in [7, 11) is -3.31. The first kappa shape index (κ1) is 22.2. The van der Waals surface area contributed by atoms with Gasteiger partial charge in [0, 0.05) is 18.4 Å². The number of aliphatic hydroxyl groups is 1. The van der Waals surface area contributed by atoms with E-state index in [2.05, 4.69) is 25.6 Å². The van der Waals surface area contributed by atoms with Gasteiger partial charge in [-0.3, -0.25) is 9.79 Å². The monoisotopic (exact) mass is 465 g/mol. The second-order valence-electron chi connectivity index (χ2n) is 7.87. The van der Waals surface area contributed by atoms with Crippen LogP contribution in [0.15, 0.2) is 29.5 Å². The summed E-state index contributed by atoms with van der Waals surface area (Å²) >= 11 is 0. The van der Waals surface area contributed by atoms with Crippen LogP contribution in [0.2, 0.25) is 0 Å². The van der Waals surface area contributed by atoms with Gasteiger partial charge in [-0.2, -0.15) is 0 Å². The molecular weight excluding hydrogens is 444 g/mol. The second-order valence-corrected chi connectivity index (χ2v) is 10.2. The number of nitrogens with zero attached hydrogens (tertiary/aromatic N) is 3. The Kier molecular flexibility index (Phi) is 5.91. The van der Waals surface area contributed by atoms with Crippen molar-refractivity contribution in [2.45, 2.75) is 43.3 Å². The Morgan fingerprint density at radius 3 is 2.75 bits per heavy atom. The summed E-state index contributed by atoms with van der Waals surface area (Å²) in [5.41, 5.74) is 0.823. The number of amides is 1. The molecule has 1 aliphatic carbocycles. The van der Waals surface area contributed by atoms with Crippen LogP contribution in [-0.4, -0.2) is 58.8 Å². The molecule has 1 fully saturated rings. The Morgan fingerprint density at radius 2 is 2.03 bits per heavy atom. The number of hydrogen-bond donors (Lipinski definition) is 3. The summed E-state index contributed by atoms with van der Waals surface area (Å²) in [6, 6.07) is 2.38.